The van der Waals surface area contributed by atoms with Gasteiger partial charge in [0.2, 0.25) is 0 Å². The topological polar surface area (TPSA) is 30.8 Å². The molecule has 0 aliphatic heterocycles. The largest absolute Gasteiger partial charge is 0.493 e. The highest BCUT2D eigenvalue weighted by atomic mass is 19.1. The van der Waals surface area contributed by atoms with E-state index in [9.17, 15) is 4.39 Å². The van der Waals surface area contributed by atoms with Gasteiger partial charge in [-0.05, 0) is 60.5 Å². The standard InChI is InChI=1S/C22H20FNO2/c1-16-3-10-20(11-4-16)24-14-18-7-12-21(22(13-18)25-2)26-15-17-5-8-19(23)9-6-17/h3-14H,15H2,1-2H3. The number of aryl methyl sites for hydroxylation is 1. The maximum absolute atomic E-state index is 13.0. The smallest absolute Gasteiger partial charge is 0.161 e. The van der Waals surface area contributed by atoms with E-state index in [-0.39, 0.29) is 5.82 Å². The highest BCUT2D eigenvalue weighted by molar-refractivity contribution is 5.83. The SMILES string of the molecule is COc1cc(C=Nc2ccc(C)cc2)ccc1OCc1ccc(F)cc1. The van der Waals surface area contributed by atoms with Crippen molar-refractivity contribution < 1.29 is 13.9 Å². The second kappa shape index (κ2) is 8.30. The van der Waals surface area contributed by atoms with Crippen LogP contribution in [0.2, 0.25) is 0 Å². The lowest BCUT2D eigenvalue weighted by molar-refractivity contribution is 0.284. The van der Waals surface area contributed by atoms with Crippen molar-refractivity contribution in [1.82, 2.24) is 0 Å². The van der Waals surface area contributed by atoms with Gasteiger partial charge in [-0.3, -0.25) is 4.99 Å². The van der Waals surface area contributed by atoms with Crippen molar-refractivity contribution in [3.8, 4) is 11.5 Å². The Morgan fingerprint density at radius 3 is 2.35 bits per heavy atom. The molecule has 0 spiro atoms. The average Bonchev–Trinajstić information content (AvgIpc) is 2.67. The fraction of sp³-hybridized carbons (Fsp3) is 0.136. The summed E-state index contributed by atoms with van der Waals surface area (Å²) >= 11 is 0. The Balaban J connectivity index is 1.70. The summed E-state index contributed by atoms with van der Waals surface area (Å²) in [5.41, 5.74) is 3.90. The minimum absolute atomic E-state index is 0.261. The van der Waals surface area contributed by atoms with Gasteiger partial charge in [0.25, 0.3) is 0 Å². The van der Waals surface area contributed by atoms with Crippen LogP contribution >= 0.6 is 0 Å². The van der Waals surface area contributed by atoms with Crippen molar-refractivity contribution >= 4 is 11.9 Å². The Morgan fingerprint density at radius 2 is 1.65 bits per heavy atom. The second-order valence-corrected chi connectivity index (χ2v) is 5.92. The molecule has 0 radical (unpaired) electrons. The zero-order valence-corrected chi connectivity index (χ0v) is 14.8. The summed E-state index contributed by atoms with van der Waals surface area (Å²) in [5.74, 6) is 0.993. The molecule has 0 fully saturated rings. The van der Waals surface area contributed by atoms with Gasteiger partial charge in [0, 0.05) is 6.21 Å². The molecule has 3 nitrogen and oxygen atoms in total. The minimum Gasteiger partial charge on any atom is -0.493 e. The highest BCUT2D eigenvalue weighted by Crippen LogP contribution is 2.28. The van der Waals surface area contributed by atoms with E-state index in [1.165, 1.54) is 17.7 Å². The lowest BCUT2D eigenvalue weighted by atomic mass is 10.2. The molecule has 0 N–H and O–H groups in total. The van der Waals surface area contributed by atoms with Gasteiger partial charge in [-0.2, -0.15) is 0 Å². The lowest BCUT2D eigenvalue weighted by Crippen LogP contribution is -1.98. The third-order valence-corrected chi connectivity index (χ3v) is 3.89. The van der Waals surface area contributed by atoms with Crippen LogP contribution in [0.1, 0.15) is 16.7 Å². The van der Waals surface area contributed by atoms with Crippen LogP contribution in [0.3, 0.4) is 0 Å². The van der Waals surface area contributed by atoms with Gasteiger partial charge in [0.05, 0.1) is 12.8 Å². The van der Waals surface area contributed by atoms with Crippen LogP contribution in [-0.2, 0) is 6.61 Å². The predicted octanol–water partition coefficient (Wildman–Crippen LogP) is 5.47. The molecule has 26 heavy (non-hydrogen) atoms. The molecule has 0 heterocycles. The highest BCUT2D eigenvalue weighted by Gasteiger charge is 2.06. The minimum atomic E-state index is -0.261. The number of rotatable bonds is 6. The van der Waals surface area contributed by atoms with Gasteiger partial charge in [0.15, 0.2) is 11.5 Å². The molecule has 0 atom stereocenters. The van der Waals surface area contributed by atoms with Crippen LogP contribution in [0, 0.1) is 12.7 Å². The zero-order valence-electron chi connectivity index (χ0n) is 14.8. The fourth-order valence-electron chi connectivity index (χ4n) is 2.41. The zero-order chi connectivity index (χ0) is 18.4. The van der Waals surface area contributed by atoms with Gasteiger partial charge >= 0.3 is 0 Å². The molecule has 3 rings (SSSR count). The Morgan fingerprint density at radius 1 is 0.923 bits per heavy atom. The molecule has 0 aromatic heterocycles. The fourth-order valence-corrected chi connectivity index (χ4v) is 2.41. The molecular formula is C22H20FNO2. The number of methoxy groups -OCH3 is 1. The first-order valence-corrected chi connectivity index (χ1v) is 8.30. The number of benzene rings is 3. The number of nitrogens with zero attached hydrogens (tertiary/aromatic N) is 1. The number of halogens is 1. The van der Waals surface area contributed by atoms with E-state index in [1.807, 2.05) is 49.4 Å². The maximum atomic E-state index is 13.0. The van der Waals surface area contributed by atoms with E-state index in [0.29, 0.717) is 18.1 Å². The predicted molar refractivity (Wildman–Crippen MR) is 102 cm³/mol. The van der Waals surface area contributed by atoms with Crippen molar-refractivity contribution in [2.45, 2.75) is 13.5 Å². The number of hydrogen-bond acceptors (Lipinski definition) is 3. The van der Waals surface area contributed by atoms with Crippen LogP contribution in [0.5, 0.6) is 11.5 Å². The number of hydrogen-bond donors (Lipinski definition) is 0. The van der Waals surface area contributed by atoms with Crippen molar-refractivity contribution in [3.63, 3.8) is 0 Å². The summed E-state index contributed by atoms with van der Waals surface area (Å²) in [5, 5.41) is 0. The molecule has 0 saturated heterocycles. The molecule has 0 aliphatic rings. The van der Waals surface area contributed by atoms with E-state index in [2.05, 4.69) is 4.99 Å². The summed E-state index contributed by atoms with van der Waals surface area (Å²) in [6.07, 6.45) is 1.79. The Labute approximate surface area is 152 Å². The molecular weight excluding hydrogens is 329 g/mol. The Bertz CT molecular complexity index is 887. The second-order valence-electron chi connectivity index (χ2n) is 5.92. The van der Waals surface area contributed by atoms with Gasteiger partial charge in [-0.1, -0.05) is 29.8 Å². The summed E-state index contributed by atoms with van der Waals surface area (Å²) in [6.45, 7) is 2.39. The maximum Gasteiger partial charge on any atom is 0.161 e. The third kappa shape index (κ3) is 4.70. The molecule has 0 amide bonds. The molecule has 3 aromatic carbocycles. The van der Waals surface area contributed by atoms with Crippen molar-refractivity contribution in [1.29, 1.82) is 0 Å². The molecule has 4 heteroatoms. The van der Waals surface area contributed by atoms with Gasteiger partial charge in [0.1, 0.15) is 12.4 Å². The van der Waals surface area contributed by atoms with E-state index in [1.54, 1.807) is 25.5 Å². The average molecular weight is 349 g/mol. The van der Waals surface area contributed by atoms with Crippen molar-refractivity contribution in [3.05, 3.63) is 89.2 Å². The van der Waals surface area contributed by atoms with Crippen LogP contribution in [0.25, 0.3) is 0 Å². The number of ether oxygens (including phenoxy) is 2. The monoisotopic (exact) mass is 349 g/mol. The van der Waals surface area contributed by atoms with E-state index in [0.717, 1.165) is 16.8 Å². The van der Waals surface area contributed by atoms with Crippen molar-refractivity contribution in [2.75, 3.05) is 7.11 Å². The first-order valence-electron chi connectivity index (χ1n) is 8.30. The quantitative estimate of drug-likeness (QED) is 0.552. The Hall–Kier alpha value is -3.14. The Kier molecular flexibility index (Phi) is 5.64. The molecule has 0 aliphatic carbocycles. The molecule has 3 aromatic rings. The summed E-state index contributed by atoms with van der Waals surface area (Å²) < 4.78 is 24.2. The first kappa shape index (κ1) is 17.7. The molecule has 0 unspecified atom stereocenters. The van der Waals surface area contributed by atoms with Crippen LogP contribution in [0.4, 0.5) is 10.1 Å². The van der Waals surface area contributed by atoms with E-state index in [4.69, 9.17) is 9.47 Å². The van der Waals surface area contributed by atoms with Crippen molar-refractivity contribution in [2.24, 2.45) is 4.99 Å². The normalized spacial score (nSPS) is 10.9. The van der Waals surface area contributed by atoms with E-state index < -0.39 is 0 Å². The van der Waals surface area contributed by atoms with Crippen LogP contribution in [0.15, 0.2) is 71.7 Å². The molecule has 0 bridgehead atoms. The molecule has 132 valence electrons. The van der Waals surface area contributed by atoms with Gasteiger partial charge < -0.3 is 9.47 Å². The van der Waals surface area contributed by atoms with Gasteiger partial charge in [-0.25, -0.2) is 4.39 Å². The van der Waals surface area contributed by atoms with Crippen LogP contribution in [-0.4, -0.2) is 13.3 Å². The number of aliphatic imine (C=N–C) groups is 1. The summed E-state index contributed by atoms with van der Waals surface area (Å²) in [7, 11) is 1.60. The van der Waals surface area contributed by atoms with Gasteiger partial charge in [-0.15, -0.1) is 0 Å². The summed E-state index contributed by atoms with van der Waals surface area (Å²) in [4.78, 5) is 4.47. The first-order chi connectivity index (χ1) is 12.6. The van der Waals surface area contributed by atoms with E-state index >= 15 is 0 Å². The lowest BCUT2D eigenvalue weighted by Gasteiger charge is -2.11. The molecule has 0 saturated carbocycles. The summed E-state index contributed by atoms with van der Waals surface area (Å²) in [6, 6.07) is 19.9. The van der Waals surface area contributed by atoms with Crippen LogP contribution < -0.4 is 9.47 Å². The third-order valence-electron chi connectivity index (χ3n) is 3.89.